The Hall–Kier alpha value is -2.68. The van der Waals surface area contributed by atoms with Gasteiger partial charge in [0.15, 0.2) is 5.76 Å². The molecule has 0 aliphatic carbocycles. The number of thiazole rings is 1. The molecule has 2 aromatic rings. The molecule has 138 valence electrons. The van der Waals surface area contributed by atoms with Crippen LogP contribution in [-0.4, -0.2) is 46.9 Å². The molecule has 1 amide bonds. The molecule has 0 N–H and O–H groups in total. The van der Waals surface area contributed by atoms with Crippen LogP contribution in [0, 0.1) is 0 Å². The summed E-state index contributed by atoms with van der Waals surface area (Å²) < 4.78 is 15.3. The van der Waals surface area contributed by atoms with Crippen LogP contribution in [0.25, 0.3) is 0 Å². The van der Waals surface area contributed by atoms with Gasteiger partial charge >= 0.3 is 11.9 Å². The molecule has 0 radical (unpaired) electrons. The van der Waals surface area contributed by atoms with Crippen LogP contribution in [0.4, 0.5) is 0 Å². The number of furan rings is 1. The minimum Gasteiger partial charge on any atom is -0.461 e. The highest BCUT2D eigenvalue weighted by atomic mass is 32.1. The Kier molecular flexibility index (Phi) is 5.67. The summed E-state index contributed by atoms with van der Waals surface area (Å²) in [7, 11) is 0. The molecule has 1 saturated heterocycles. The van der Waals surface area contributed by atoms with Gasteiger partial charge in [0.25, 0.3) is 5.91 Å². The minimum atomic E-state index is -0.643. The number of aromatic nitrogens is 1. The summed E-state index contributed by atoms with van der Waals surface area (Å²) in [5.41, 5.74) is 0.466. The first kappa shape index (κ1) is 18.1. The molecule has 3 heterocycles. The van der Waals surface area contributed by atoms with Crippen molar-refractivity contribution < 1.29 is 28.3 Å². The highest BCUT2D eigenvalue weighted by Crippen LogP contribution is 2.22. The smallest absolute Gasteiger partial charge is 0.367 e. The zero-order valence-electron chi connectivity index (χ0n) is 14.2. The summed E-state index contributed by atoms with van der Waals surface area (Å²) in [6.45, 7) is 2.40. The molecule has 2 aromatic heterocycles. The van der Waals surface area contributed by atoms with Crippen LogP contribution >= 0.6 is 11.3 Å². The second kappa shape index (κ2) is 8.13. The van der Waals surface area contributed by atoms with E-state index in [1.54, 1.807) is 24.4 Å². The molecule has 0 bridgehead atoms. The fourth-order valence-electron chi connectivity index (χ4n) is 2.70. The first-order valence-corrected chi connectivity index (χ1v) is 9.10. The van der Waals surface area contributed by atoms with Gasteiger partial charge in [-0.25, -0.2) is 14.6 Å². The van der Waals surface area contributed by atoms with Crippen LogP contribution in [0.2, 0.25) is 0 Å². The lowest BCUT2D eigenvalue weighted by Gasteiger charge is -2.22. The van der Waals surface area contributed by atoms with E-state index in [4.69, 9.17) is 13.9 Å². The number of hydrogen-bond acceptors (Lipinski definition) is 8. The van der Waals surface area contributed by atoms with Gasteiger partial charge in [0, 0.05) is 11.9 Å². The molecular weight excluding hydrogens is 360 g/mol. The van der Waals surface area contributed by atoms with Crippen LogP contribution in [-0.2, 0) is 20.9 Å². The summed E-state index contributed by atoms with van der Waals surface area (Å²) in [5, 5.41) is 1.85. The summed E-state index contributed by atoms with van der Waals surface area (Å²) in [5.74, 6) is -1.12. The number of carbonyl (C=O) groups excluding carboxylic acids is 3. The van der Waals surface area contributed by atoms with Crippen molar-refractivity contribution in [2.75, 3.05) is 13.2 Å². The van der Waals surface area contributed by atoms with Crippen LogP contribution in [0.5, 0.6) is 0 Å². The molecule has 8 nitrogen and oxygen atoms in total. The number of carbonyl (C=O) groups is 3. The van der Waals surface area contributed by atoms with Gasteiger partial charge in [0.1, 0.15) is 12.6 Å². The first-order chi connectivity index (χ1) is 12.6. The van der Waals surface area contributed by atoms with Gasteiger partial charge in [-0.05, 0) is 31.9 Å². The zero-order chi connectivity index (χ0) is 18.5. The van der Waals surface area contributed by atoms with Crippen LogP contribution in [0.3, 0.4) is 0 Å². The predicted molar refractivity (Wildman–Crippen MR) is 90.6 cm³/mol. The molecule has 0 unspecified atom stereocenters. The van der Waals surface area contributed by atoms with Gasteiger partial charge in [-0.1, -0.05) is 0 Å². The maximum Gasteiger partial charge on any atom is 0.367 e. The fraction of sp³-hybridized carbons (Fsp3) is 0.412. The second-order valence-electron chi connectivity index (χ2n) is 5.61. The standard InChI is InChI=1S/C17H18N2O6S/c1-2-23-17(22)14-18-11(10-26-14)9-25-16(21)12-5-3-7-19(12)15(20)13-6-4-8-24-13/h4,6,8,10,12H,2-3,5,7,9H2,1H3/t12-/m0/s1. The van der Waals surface area contributed by atoms with E-state index in [9.17, 15) is 14.4 Å². The summed E-state index contributed by atoms with van der Waals surface area (Å²) in [4.78, 5) is 41.9. The molecular formula is C17H18N2O6S. The topological polar surface area (TPSA) is 98.9 Å². The Bertz CT molecular complexity index is 785. The average Bonchev–Trinajstić information content (AvgIpc) is 3.40. The van der Waals surface area contributed by atoms with Crippen molar-refractivity contribution in [1.29, 1.82) is 0 Å². The Morgan fingerprint density at radius 1 is 1.38 bits per heavy atom. The van der Waals surface area contributed by atoms with Gasteiger partial charge in [0.05, 0.1) is 18.6 Å². The van der Waals surface area contributed by atoms with Crippen molar-refractivity contribution in [2.24, 2.45) is 0 Å². The molecule has 1 aliphatic rings. The minimum absolute atomic E-state index is 0.0615. The van der Waals surface area contributed by atoms with Crippen molar-refractivity contribution in [3.8, 4) is 0 Å². The number of amides is 1. The SMILES string of the molecule is CCOC(=O)c1nc(COC(=O)[C@@H]2CCCN2C(=O)c2ccco2)cs1. The van der Waals surface area contributed by atoms with Crippen molar-refractivity contribution >= 4 is 29.2 Å². The van der Waals surface area contributed by atoms with E-state index in [0.717, 1.165) is 17.8 Å². The quantitative estimate of drug-likeness (QED) is 0.711. The van der Waals surface area contributed by atoms with Gasteiger partial charge in [-0.15, -0.1) is 11.3 Å². The summed E-state index contributed by atoms with van der Waals surface area (Å²) in [6, 6.07) is 2.55. The summed E-state index contributed by atoms with van der Waals surface area (Å²) in [6.07, 6.45) is 2.67. The van der Waals surface area contributed by atoms with Crippen LogP contribution in [0.15, 0.2) is 28.2 Å². The van der Waals surface area contributed by atoms with Crippen LogP contribution < -0.4 is 0 Å². The Morgan fingerprint density at radius 2 is 2.23 bits per heavy atom. The van der Waals surface area contributed by atoms with Gasteiger partial charge in [0.2, 0.25) is 5.01 Å². The normalized spacial score (nSPS) is 16.5. The van der Waals surface area contributed by atoms with Crippen molar-refractivity contribution in [1.82, 2.24) is 9.88 Å². The van der Waals surface area contributed by atoms with E-state index in [-0.39, 0.29) is 29.9 Å². The molecule has 3 rings (SSSR count). The molecule has 1 fully saturated rings. The number of esters is 2. The molecule has 0 spiro atoms. The molecule has 0 aromatic carbocycles. The van der Waals surface area contributed by atoms with E-state index >= 15 is 0 Å². The van der Waals surface area contributed by atoms with Crippen molar-refractivity contribution in [2.45, 2.75) is 32.4 Å². The first-order valence-electron chi connectivity index (χ1n) is 8.22. The van der Waals surface area contributed by atoms with Gasteiger partial charge in [-0.3, -0.25) is 4.79 Å². The Morgan fingerprint density at radius 3 is 2.96 bits per heavy atom. The number of nitrogens with zero attached hydrogens (tertiary/aromatic N) is 2. The third-order valence-corrected chi connectivity index (χ3v) is 4.75. The van der Waals surface area contributed by atoms with Crippen molar-refractivity contribution in [3.63, 3.8) is 0 Å². The van der Waals surface area contributed by atoms with E-state index in [0.29, 0.717) is 18.7 Å². The summed E-state index contributed by atoms with van der Waals surface area (Å²) >= 11 is 1.13. The van der Waals surface area contributed by atoms with E-state index in [1.165, 1.54) is 11.2 Å². The highest BCUT2D eigenvalue weighted by Gasteiger charge is 2.36. The fourth-order valence-corrected chi connectivity index (χ4v) is 3.39. The number of likely N-dealkylation sites (tertiary alicyclic amines) is 1. The molecule has 26 heavy (non-hydrogen) atoms. The second-order valence-corrected chi connectivity index (χ2v) is 6.46. The highest BCUT2D eigenvalue weighted by molar-refractivity contribution is 7.11. The third-order valence-electron chi connectivity index (χ3n) is 3.88. The molecule has 9 heteroatoms. The average molecular weight is 378 g/mol. The Labute approximate surface area is 153 Å². The number of hydrogen-bond donors (Lipinski definition) is 0. The third kappa shape index (κ3) is 3.93. The maximum atomic E-state index is 12.4. The largest absolute Gasteiger partial charge is 0.461 e. The number of rotatable bonds is 6. The van der Waals surface area contributed by atoms with E-state index in [1.807, 2.05) is 0 Å². The van der Waals surface area contributed by atoms with E-state index in [2.05, 4.69) is 4.98 Å². The lowest BCUT2D eigenvalue weighted by Crippen LogP contribution is -2.41. The van der Waals surface area contributed by atoms with Gasteiger partial charge < -0.3 is 18.8 Å². The maximum absolute atomic E-state index is 12.4. The molecule has 1 atom stereocenters. The van der Waals surface area contributed by atoms with Gasteiger partial charge in [-0.2, -0.15) is 0 Å². The molecule has 0 saturated carbocycles. The number of ether oxygens (including phenoxy) is 2. The van der Waals surface area contributed by atoms with E-state index < -0.39 is 18.0 Å². The monoisotopic (exact) mass is 378 g/mol. The van der Waals surface area contributed by atoms with Crippen molar-refractivity contribution in [3.05, 3.63) is 40.2 Å². The van der Waals surface area contributed by atoms with Crippen LogP contribution in [0.1, 0.15) is 45.8 Å². The Balaban J connectivity index is 1.57. The lowest BCUT2D eigenvalue weighted by molar-refractivity contribution is -0.149. The zero-order valence-corrected chi connectivity index (χ0v) is 15.0. The molecule has 1 aliphatic heterocycles. The lowest BCUT2D eigenvalue weighted by atomic mass is 10.2. The predicted octanol–water partition coefficient (Wildman–Crippen LogP) is 2.26.